The summed E-state index contributed by atoms with van der Waals surface area (Å²) in [6.07, 6.45) is -5.22. The molecule has 4 N–H and O–H groups in total. The molecule has 0 unspecified atom stereocenters. The lowest BCUT2D eigenvalue weighted by atomic mass is 9.93. The van der Waals surface area contributed by atoms with Gasteiger partial charge in [0.25, 0.3) is 0 Å². The minimum absolute atomic E-state index is 0.0863. The molecule has 3 rings (SSSR count). The summed E-state index contributed by atoms with van der Waals surface area (Å²) >= 11 is 0. The Morgan fingerprint density at radius 2 is 1.85 bits per heavy atom. The van der Waals surface area contributed by atoms with Gasteiger partial charge in [0.05, 0.1) is 36.2 Å². The Bertz CT molecular complexity index is 648. The molecule has 0 radical (unpaired) electrons. The predicted octanol–water partition coefficient (Wildman–Crippen LogP) is -0.314. The quantitative estimate of drug-likeness (QED) is 0.559. The first-order valence-electron chi connectivity index (χ1n) is 8.87. The predicted molar refractivity (Wildman–Crippen MR) is 90.0 cm³/mol. The van der Waals surface area contributed by atoms with Crippen LogP contribution in [0.25, 0.3) is 0 Å². The molecule has 0 amide bonds. The van der Waals surface area contributed by atoms with E-state index < -0.39 is 36.1 Å². The highest BCUT2D eigenvalue weighted by molar-refractivity contribution is 5.47. The molecule has 5 atom stereocenters. The molecule has 3 heterocycles. The van der Waals surface area contributed by atoms with Gasteiger partial charge in [0, 0.05) is 32.4 Å². The zero-order chi connectivity index (χ0) is 19.8. The third-order valence-corrected chi connectivity index (χ3v) is 5.41. The van der Waals surface area contributed by atoms with Crippen LogP contribution in [0.3, 0.4) is 0 Å². The molecule has 1 aromatic heterocycles. The lowest BCUT2D eigenvalue weighted by molar-refractivity contribution is -0.146. The molecule has 2 saturated heterocycles. The third-order valence-electron chi connectivity index (χ3n) is 5.41. The Morgan fingerprint density at radius 1 is 1.11 bits per heavy atom. The van der Waals surface area contributed by atoms with Crippen LogP contribution in [0.1, 0.15) is 12.0 Å². The highest BCUT2D eigenvalue weighted by atomic mass is 19.4. The van der Waals surface area contributed by atoms with E-state index in [1.807, 2.05) is 4.90 Å². The standard InChI is InChI=1S/C17H24F3N3O4/c18-17(19,20)11-3-12(5-21-4-11)22-2-1-10(6-22)7-23-8-14(25)16(27)15(26)13(23)9-24/h3-5,10,13-16,24-27H,1-2,6-9H2/t10-,13-,14-,15+,16+/m0/s1. The molecule has 7 nitrogen and oxygen atoms in total. The summed E-state index contributed by atoms with van der Waals surface area (Å²) in [5.41, 5.74) is -0.389. The lowest BCUT2D eigenvalue weighted by Crippen LogP contribution is -2.63. The number of rotatable bonds is 4. The monoisotopic (exact) mass is 391 g/mol. The topological polar surface area (TPSA) is 100 Å². The Balaban J connectivity index is 1.64. The highest BCUT2D eigenvalue weighted by Crippen LogP contribution is 2.33. The van der Waals surface area contributed by atoms with Gasteiger partial charge < -0.3 is 25.3 Å². The van der Waals surface area contributed by atoms with E-state index in [1.54, 1.807) is 4.90 Å². The zero-order valence-corrected chi connectivity index (χ0v) is 14.6. The van der Waals surface area contributed by atoms with Crippen LogP contribution in [0.5, 0.6) is 0 Å². The van der Waals surface area contributed by atoms with Gasteiger partial charge in [-0.15, -0.1) is 0 Å². The summed E-state index contributed by atoms with van der Waals surface area (Å²) in [5.74, 6) is 0.0863. The molecular weight excluding hydrogens is 367 g/mol. The molecule has 0 spiro atoms. The summed E-state index contributed by atoms with van der Waals surface area (Å²) in [6, 6.07) is 0.393. The fourth-order valence-corrected chi connectivity index (χ4v) is 3.89. The summed E-state index contributed by atoms with van der Waals surface area (Å²) < 4.78 is 38.6. The summed E-state index contributed by atoms with van der Waals surface area (Å²) in [5, 5.41) is 39.2. The van der Waals surface area contributed by atoms with Gasteiger partial charge in [-0.3, -0.25) is 9.88 Å². The van der Waals surface area contributed by atoms with Crippen molar-refractivity contribution in [3.8, 4) is 0 Å². The van der Waals surface area contributed by atoms with Gasteiger partial charge in [-0.2, -0.15) is 13.2 Å². The largest absolute Gasteiger partial charge is 0.417 e. The van der Waals surface area contributed by atoms with Gasteiger partial charge >= 0.3 is 6.18 Å². The van der Waals surface area contributed by atoms with Crippen molar-refractivity contribution in [2.24, 2.45) is 5.92 Å². The SMILES string of the molecule is OC[C@H]1[C@@H](O)[C@H](O)[C@@H](O)CN1C[C@H]1CCN(c2cncc(C(F)(F)F)c2)C1. The number of likely N-dealkylation sites (tertiary alicyclic amines) is 1. The van der Waals surface area contributed by atoms with E-state index >= 15 is 0 Å². The molecule has 2 aliphatic heterocycles. The van der Waals surface area contributed by atoms with Gasteiger partial charge in [0.1, 0.15) is 12.2 Å². The second-order valence-electron chi connectivity index (χ2n) is 7.28. The Kier molecular flexibility index (Phi) is 5.92. The molecular formula is C17H24F3N3O4. The summed E-state index contributed by atoms with van der Waals surface area (Å²) in [7, 11) is 0. The van der Waals surface area contributed by atoms with E-state index in [9.17, 15) is 33.6 Å². The van der Waals surface area contributed by atoms with Gasteiger partial charge in [0.15, 0.2) is 0 Å². The molecule has 2 fully saturated rings. The number of aromatic nitrogens is 1. The van der Waals surface area contributed by atoms with Crippen LogP contribution in [0.4, 0.5) is 18.9 Å². The van der Waals surface area contributed by atoms with Gasteiger partial charge in [-0.25, -0.2) is 0 Å². The van der Waals surface area contributed by atoms with Crippen molar-refractivity contribution in [3.63, 3.8) is 0 Å². The van der Waals surface area contributed by atoms with Gasteiger partial charge in [-0.1, -0.05) is 0 Å². The van der Waals surface area contributed by atoms with E-state index in [4.69, 9.17) is 0 Å². The maximum Gasteiger partial charge on any atom is 0.417 e. The molecule has 0 aliphatic carbocycles. The number of anilines is 1. The zero-order valence-electron chi connectivity index (χ0n) is 14.6. The maximum absolute atomic E-state index is 12.9. The number of halogens is 3. The summed E-state index contributed by atoms with van der Waals surface area (Å²) in [4.78, 5) is 7.25. The lowest BCUT2D eigenvalue weighted by Gasteiger charge is -2.44. The molecule has 152 valence electrons. The van der Waals surface area contributed by atoms with Crippen LogP contribution in [-0.4, -0.2) is 87.4 Å². The molecule has 0 saturated carbocycles. The van der Waals surface area contributed by atoms with Crippen LogP contribution >= 0.6 is 0 Å². The van der Waals surface area contributed by atoms with E-state index in [0.29, 0.717) is 25.3 Å². The molecule has 2 aliphatic rings. The fourth-order valence-electron chi connectivity index (χ4n) is 3.89. The Morgan fingerprint density at radius 3 is 2.52 bits per heavy atom. The van der Waals surface area contributed by atoms with E-state index in [1.165, 1.54) is 6.20 Å². The number of pyridine rings is 1. The number of aliphatic hydroxyl groups excluding tert-OH is 4. The minimum Gasteiger partial charge on any atom is -0.395 e. The van der Waals surface area contributed by atoms with Gasteiger partial charge in [0.2, 0.25) is 0 Å². The first kappa shape index (κ1) is 20.3. The second kappa shape index (κ2) is 7.88. The van der Waals surface area contributed by atoms with Crippen LogP contribution in [0, 0.1) is 5.92 Å². The molecule has 0 aromatic carbocycles. The smallest absolute Gasteiger partial charge is 0.395 e. The number of aliphatic hydroxyl groups is 4. The number of hydrogen-bond donors (Lipinski definition) is 4. The molecule has 0 bridgehead atoms. The van der Waals surface area contributed by atoms with Crippen molar-refractivity contribution in [1.82, 2.24) is 9.88 Å². The number of hydrogen-bond acceptors (Lipinski definition) is 7. The van der Waals surface area contributed by atoms with Crippen LogP contribution in [0.2, 0.25) is 0 Å². The average Bonchev–Trinajstić information content (AvgIpc) is 3.08. The van der Waals surface area contributed by atoms with Crippen LogP contribution in [0.15, 0.2) is 18.5 Å². The first-order chi connectivity index (χ1) is 12.7. The number of alkyl halides is 3. The molecule has 10 heteroatoms. The highest BCUT2D eigenvalue weighted by Gasteiger charge is 2.42. The number of β-amino-alcohol motifs (C(OH)–C–C–N with tert-alkyl or cyclic N) is 1. The fraction of sp³-hybridized carbons (Fsp3) is 0.706. The Hall–Kier alpha value is -1.46. The van der Waals surface area contributed by atoms with E-state index in [2.05, 4.69) is 4.98 Å². The van der Waals surface area contributed by atoms with Crippen molar-refractivity contribution in [2.45, 2.75) is 37.0 Å². The number of nitrogens with zero attached hydrogens (tertiary/aromatic N) is 3. The van der Waals surface area contributed by atoms with Crippen molar-refractivity contribution >= 4 is 5.69 Å². The third kappa shape index (κ3) is 4.35. The van der Waals surface area contributed by atoms with Crippen molar-refractivity contribution in [1.29, 1.82) is 0 Å². The van der Waals surface area contributed by atoms with Gasteiger partial charge in [-0.05, 0) is 18.4 Å². The van der Waals surface area contributed by atoms with E-state index in [-0.39, 0.29) is 19.1 Å². The van der Waals surface area contributed by atoms with E-state index in [0.717, 1.165) is 18.7 Å². The van der Waals surface area contributed by atoms with Crippen molar-refractivity contribution < 1.29 is 33.6 Å². The first-order valence-corrected chi connectivity index (χ1v) is 8.87. The minimum atomic E-state index is -4.45. The van der Waals surface area contributed by atoms with Crippen LogP contribution < -0.4 is 4.90 Å². The maximum atomic E-state index is 12.9. The van der Waals surface area contributed by atoms with Crippen molar-refractivity contribution in [3.05, 3.63) is 24.0 Å². The number of piperidine rings is 1. The Labute approximate surface area is 154 Å². The average molecular weight is 391 g/mol. The normalized spacial score (nSPS) is 32.9. The molecule has 1 aromatic rings. The van der Waals surface area contributed by atoms with Crippen molar-refractivity contribution in [2.75, 3.05) is 37.7 Å². The summed E-state index contributed by atoms with van der Waals surface area (Å²) in [6.45, 7) is 1.28. The second-order valence-corrected chi connectivity index (χ2v) is 7.28. The molecule has 27 heavy (non-hydrogen) atoms. The van der Waals surface area contributed by atoms with Crippen LogP contribution in [-0.2, 0) is 6.18 Å².